The SMILES string of the molecule is Nc1ccc(Cn2ccnc2CO)cc1. The summed E-state index contributed by atoms with van der Waals surface area (Å²) >= 11 is 0. The van der Waals surface area contributed by atoms with Crippen molar-refractivity contribution in [1.29, 1.82) is 0 Å². The summed E-state index contributed by atoms with van der Waals surface area (Å²) in [6, 6.07) is 7.67. The lowest BCUT2D eigenvalue weighted by Crippen LogP contribution is -2.04. The standard InChI is InChI=1S/C11H13N3O/c12-10-3-1-9(2-4-10)7-14-6-5-13-11(14)8-15/h1-6,15H,7-8,12H2. The first-order valence-corrected chi connectivity index (χ1v) is 4.75. The Hall–Kier alpha value is -1.81. The van der Waals surface area contributed by atoms with Gasteiger partial charge in [0.15, 0.2) is 0 Å². The van der Waals surface area contributed by atoms with Crippen molar-refractivity contribution in [2.45, 2.75) is 13.2 Å². The third-order valence-electron chi connectivity index (χ3n) is 2.28. The monoisotopic (exact) mass is 203 g/mol. The summed E-state index contributed by atoms with van der Waals surface area (Å²) in [4.78, 5) is 4.04. The Morgan fingerprint density at radius 3 is 2.67 bits per heavy atom. The number of aromatic nitrogens is 2. The van der Waals surface area contributed by atoms with Gasteiger partial charge >= 0.3 is 0 Å². The Morgan fingerprint density at radius 1 is 1.27 bits per heavy atom. The molecule has 0 saturated heterocycles. The van der Waals surface area contributed by atoms with Crippen LogP contribution < -0.4 is 5.73 Å². The molecular weight excluding hydrogens is 190 g/mol. The van der Waals surface area contributed by atoms with Crippen LogP contribution in [-0.2, 0) is 13.2 Å². The normalized spacial score (nSPS) is 10.5. The Kier molecular flexibility index (Phi) is 2.69. The number of hydrogen-bond acceptors (Lipinski definition) is 3. The van der Waals surface area contributed by atoms with E-state index < -0.39 is 0 Å². The lowest BCUT2D eigenvalue weighted by molar-refractivity contribution is 0.266. The van der Waals surface area contributed by atoms with Crippen LogP contribution in [0.15, 0.2) is 36.7 Å². The van der Waals surface area contributed by atoms with Crippen molar-refractivity contribution in [3.63, 3.8) is 0 Å². The third kappa shape index (κ3) is 2.16. The third-order valence-corrected chi connectivity index (χ3v) is 2.28. The number of hydrogen-bond donors (Lipinski definition) is 2. The molecule has 15 heavy (non-hydrogen) atoms. The molecule has 1 aromatic heterocycles. The number of aliphatic hydroxyl groups excluding tert-OH is 1. The van der Waals surface area contributed by atoms with Crippen LogP contribution in [0.4, 0.5) is 5.69 Å². The zero-order valence-corrected chi connectivity index (χ0v) is 8.30. The van der Waals surface area contributed by atoms with Crippen molar-refractivity contribution in [2.75, 3.05) is 5.73 Å². The molecule has 0 spiro atoms. The van der Waals surface area contributed by atoms with Gasteiger partial charge in [-0.05, 0) is 17.7 Å². The minimum absolute atomic E-state index is 0.0397. The smallest absolute Gasteiger partial charge is 0.134 e. The molecule has 0 unspecified atom stereocenters. The maximum atomic E-state index is 9.03. The highest BCUT2D eigenvalue weighted by molar-refractivity contribution is 5.39. The summed E-state index contributed by atoms with van der Waals surface area (Å²) in [6.45, 7) is 0.665. The van der Waals surface area contributed by atoms with Crippen molar-refractivity contribution in [2.24, 2.45) is 0 Å². The van der Waals surface area contributed by atoms with Gasteiger partial charge in [0.25, 0.3) is 0 Å². The van der Waals surface area contributed by atoms with Gasteiger partial charge in [0.05, 0.1) is 0 Å². The fourth-order valence-corrected chi connectivity index (χ4v) is 1.46. The van der Waals surface area contributed by atoms with E-state index in [0.29, 0.717) is 12.4 Å². The Bertz CT molecular complexity index is 433. The number of rotatable bonds is 3. The van der Waals surface area contributed by atoms with Crippen molar-refractivity contribution in [1.82, 2.24) is 9.55 Å². The first kappa shape index (κ1) is 9.73. The van der Waals surface area contributed by atoms with Crippen LogP contribution in [0.25, 0.3) is 0 Å². The van der Waals surface area contributed by atoms with E-state index in [1.165, 1.54) is 0 Å². The number of nitrogens with two attached hydrogens (primary N) is 1. The molecular formula is C11H13N3O. The molecule has 4 heteroatoms. The summed E-state index contributed by atoms with van der Waals surface area (Å²) in [6.07, 6.45) is 3.53. The largest absolute Gasteiger partial charge is 0.399 e. The Balaban J connectivity index is 2.18. The number of nitrogen functional groups attached to an aromatic ring is 1. The average Bonchev–Trinajstić information content (AvgIpc) is 2.69. The number of benzene rings is 1. The van der Waals surface area contributed by atoms with Crippen molar-refractivity contribution in [3.05, 3.63) is 48.0 Å². The van der Waals surface area contributed by atoms with Gasteiger partial charge in [-0.2, -0.15) is 0 Å². The van der Waals surface area contributed by atoms with Crippen LogP contribution in [0.5, 0.6) is 0 Å². The second-order valence-corrected chi connectivity index (χ2v) is 3.37. The van der Waals surface area contributed by atoms with E-state index in [2.05, 4.69) is 4.98 Å². The summed E-state index contributed by atoms with van der Waals surface area (Å²) in [7, 11) is 0. The molecule has 0 saturated carbocycles. The lowest BCUT2D eigenvalue weighted by atomic mass is 10.2. The highest BCUT2D eigenvalue weighted by Gasteiger charge is 2.01. The number of anilines is 1. The van der Waals surface area contributed by atoms with E-state index in [9.17, 15) is 0 Å². The molecule has 3 N–H and O–H groups in total. The first-order chi connectivity index (χ1) is 7.29. The molecule has 78 valence electrons. The van der Waals surface area contributed by atoms with E-state index in [0.717, 1.165) is 11.3 Å². The van der Waals surface area contributed by atoms with Gasteiger partial charge in [0.2, 0.25) is 0 Å². The second-order valence-electron chi connectivity index (χ2n) is 3.37. The van der Waals surface area contributed by atoms with Crippen molar-refractivity contribution in [3.8, 4) is 0 Å². The lowest BCUT2D eigenvalue weighted by Gasteiger charge is -2.06. The summed E-state index contributed by atoms with van der Waals surface area (Å²) in [5, 5.41) is 9.03. The van der Waals surface area contributed by atoms with Crippen LogP contribution in [0.1, 0.15) is 11.4 Å². The van der Waals surface area contributed by atoms with Gasteiger partial charge in [-0.25, -0.2) is 4.98 Å². The minimum Gasteiger partial charge on any atom is -0.399 e. The number of aliphatic hydroxyl groups is 1. The molecule has 2 rings (SSSR count). The van der Waals surface area contributed by atoms with Crippen LogP contribution in [0.2, 0.25) is 0 Å². The predicted molar refractivity (Wildman–Crippen MR) is 58.1 cm³/mol. The molecule has 0 aliphatic carbocycles. The molecule has 0 fully saturated rings. The zero-order chi connectivity index (χ0) is 10.7. The highest BCUT2D eigenvalue weighted by Crippen LogP contribution is 2.08. The molecule has 0 aliphatic heterocycles. The molecule has 0 bridgehead atoms. The Morgan fingerprint density at radius 2 is 2.00 bits per heavy atom. The van der Waals surface area contributed by atoms with Gasteiger partial charge in [-0.3, -0.25) is 0 Å². The maximum Gasteiger partial charge on any atom is 0.134 e. The first-order valence-electron chi connectivity index (χ1n) is 4.75. The van der Waals surface area contributed by atoms with Crippen LogP contribution in [0.3, 0.4) is 0 Å². The fraction of sp³-hybridized carbons (Fsp3) is 0.182. The van der Waals surface area contributed by atoms with Crippen LogP contribution in [0, 0.1) is 0 Å². The van der Waals surface area contributed by atoms with Crippen LogP contribution >= 0.6 is 0 Å². The fourth-order valence-electron chi connectivity index (χ4n) is 1.46. The highest BCUT2D eigenvalue weighted by atomic mass is 16.3. The van der Waals surface area contributed by atoms with Gasteiger partial charge < -0.3 is 15.4 Å². The second kappa shape index (κ2) is 4.14. The average molecular weight is 203 g/mol. The molecule has 0 aliphatic rings. The number of nitrogens with zero attached hydrogens (tertiary/aromatic N) is 2. The predicted octanol–water partition coefficient (Wildman–Crippen LogP) is 1.01. The van der Waals surface area contributed by atoms with Gasteiger partial charge in [-0.1, -0.05) is 12.1 Å². The van der Waals surface area contributed by atoms with Crippen LogP contribution in [-0.4, -0.2) is 14.7 Å². The van der Waals surface area contributed by atoms with E-state index in [1.807, 2.05) is 35.0 Å². The number of imidazole rings is 1. The molecule has 4 nitrogen and oxygen atoms in total. The summed E-state index contributed by atoms with van der Waals surface area (Å²) in [5.41, 5.74) is 7.49. The zero-order valence-electron chi connectivity index (χ0n) is 8.30. The van der Waals surface area contributed by atoms with Gasteiger partial charge in [0, 0.05) is 24.6 Å². The minimum atomic E-state index is -0.0397. The van der Waals surface area contributed by atoms with E-state index in [4.69, 9.17) is 10.8 Å². The van der Waals surface area contributed by atoms with E-state index in [-0.39, 0.29) is 6.61 Å². The maximum absolute atomic E-state index is 9.03. The quantitative estimate of drug-likeness (QED) is 0.732. The Labute approximate surface area is 88.0 Å². The molecule has 0 amide bonds. The topological polar surface area (TPSA) is 64.1 Å². The molecule has 1 heterocycles. The van der Waals surface area contributed by atoms with E-state index in [1.54, 1.807) is 6.20 Å². The van der Waals surface area contributed by atoms with Gasteiger partial charge in [-0.15, -0.1) is 0 Å². The molecule has 2 aromatic rings. The van der Waals surface area contributed by atoms with Crippen molar-refractivity contribution < 1.29 is 5.11 Å². The summed E-state index contributed by atoms with van der Waals surface area (Å²) < 4.78 is 1.91. The van der Waals surface area contributed by atoms with Gasteiger partial charge in [0.1, 0.15) is 12.4 Å². The molecule has 0 radical (unpaired) electrons. The van der Waals surface area contributed by atoms with E-state index >= 15 is 0 Å². The molecule has 1 aromatic carbocycles. The van der Waals surface area contributed by atoms with Crippen molar-refractivity contribution >= 4 is 5.69 Å². The molecule has 0 atom stereocenters. The summed E-state index contributed by atoms with van der Waals surface area (Å²) in [5.74, 6) is 0.673.